The van der Waals surface area contributed by atoms with E-state index < -0.39 is 0 Å². The van der Waals surface area contributed by atoms with Gasteiger partial charge < -0.3 is 10.8 Å². The number of hydrogen-bond donors (Lipinski definition) is 2. The van der Waals surface area contributed by atoms with Gasteiger partial charge in [-0.1, -0.05) is 0 Å². The fourth-order valence-electron chi connectivity index (χ4n) is 2.10. The van der Waals surface area contributed by atoms with Crippen LogP contribution < -0.4 is 5.73 Å². The first-order valence-corrected chi connectivity index (χ1v) is 6.19. The van der Waals surface area contributed by atoms with Crippen molar-refractivity contribution in [2.75, 3.05) is 18.9 Å². The molecule has 0 amide bonds. The van der Waals surface area contributed by atoms with Crippen LogP contribution in [0.25, 0.3) is 0 Å². The molecule has 0 unspecified atom stereocenters. The van der Waals surface area contributed by atoms with Crippen molar-refractivity contribution < 1.29 is 5.11 Å². The Balaban J connectivity index is 2.13. The van der Waals surface area contributed by atoms with Crippen molar-refractivity contribution in [2.45, 2.75) is 39.3 Å². The Morgan fingerprint density at radius 3 is 2.76 bits per heavy atom. The van der Waals surface area contributed by atoms with Crippen LogP contribution in [0.4, 0.5) is 5.69 Å². The predicted molar refractivity (Wildman–Crippen MR) is 68.6 cm³/mol. The zero-order valence-corrected chi connectivity index (χ0v) is 10.6. The Bertz CT molecular complexity index is 402. The highest BCUT2D eigenvalue weighted by atomic mass is 16.3. The van der Waals surface area contributed by atoms with Crippen molar-refractivity contribution >= 4 is 5.69 Å². The third-order valence-electron chi connectivity index (χ3n) is 3.48. The number of aliphatic hydroxyl groups is 1. The van der Waals surface area contributed by atoms with E-state index in [2.05, 4.69) is 9.88 Å². The van der Waals surface area contributed by atoms with Gasteiger partial charge in [0, 0.05) is 31.0 Å². The summed E-state index contributed by atoms with van der Waals surface area (Å²) >= 11 is 0. The number of aryl methyl sites for hydroxylation is 1. The van der Waals surface area contributed by atoms with Crippen LogP contribution in [0.15, 0.2) is 6.20 Å². The average Bonchev–Trinajstić information content (AvgIpc) is 3.13. The number of pyridine rings is 1. The van der Waals surface area contributed by atoms with Gasteiger partial charge in [0.2, 0.25) is 0 Å². The summed E-state index contributed by atoms with van der Waals surface area (Å²) in [6, 6.07) is 0.630. The highest BCUT2D eigenvalue weighted by molar-refractivity contribution is 5.53. The molecule has 1 aromatic rings. The third-order valence-corrected chi connectivity index (χ3v) is 3.48. The Hall–Kier alpha value is -1.13. The molecule has 4 nitrogen and oxygen atoms in total. The van der Waals surface area contributed by atoms with Crippen LogP contribution in [0, 0.1) is 13.8 Å². The molecular formula is C13H21N3O. The fourth-order valence-corrected chi connectivity index (χ4v) is 2.10. The number of anilines is 1. The van der Waals surface area contributed by atoms with Gasteiger partial charge in [0.15, 0.2) is 0 Å². The van der Waals surface area contributed by atoms with Gasteiger partial charge in [-0.2, -0.15) is 0 Å². The van der Waals surface area contributed by atoms with E-state index in [0.717, 1.165) is 35.6 Å². The van der Waals surface area contributed by atoms with Gasteiger partial charge in [0.25, 0.3) is 0 Å². The minimum absolute atomic E-state index is 0.205. The van der Waals surface area contributed by atoms with E-state index in [-0.39, 0.29) is 6.61 Å². The number of hydrogen-bond acceptors (Lipinski definition) is 4. The first-order valence-electron chi connectivity index (χ1n) is 6.19. The van der Waals surface area contributed by atoms with Crippen molar-refractivity contribution in [1.82, 2.24) is 9.88 Å². The standard InChI is InChI=1S/C13H21N3O/c1-9-7-15-12(10(2)13(9)14)8-16(5-6-17)11-3-4-11/h7,11,17H,3-6,8H2,1-2H3,(H2,14,15). The highest BCUT2D eigenvalue weighted by Gasteiger charge is 2.29. The zero-order valence-electron chi connectivity index (χ0n) is 10.6. The number of nitrogen functional groups attached to an aromatic ring is 1. The molecule has 4 heteroatoms. The maximum atomic E-state index is 9.07. The van der Waals surface area contributed by atoms with Crippen molar-refractivity contribution in [1.29, 1.82) is 0 Å². The molecular weight excluding hydrogens is 214 g/mol. The topological polar surface area (TPSA) is 62.4 Å². The first kappa shape index (κ1) is 12.3. The number of rotatable bonds is 5. The summed E-state index contributed by atoms with van der Waals surface area (Å²) in [4.78, 5) is 6.76. The molecule has 1 fully saturated rings. The van der Waals surface area contributed by atoms with Crippen LogP contribution in [-0.2, 0) is 6.54 Å². The lowest BCUT2D eigenvalue weighted by molar-refractivity contribution is 0.181. The molecule has 1 aromatic heterocycles. The van der Waals surface area contributed by atoms with E-state index in [9.17, 15) is 0 Å². The van der Waals surface area contributed by atoms with E-state index in [0.29, 0.717) is 6.04 Å². The summed E-state index contributed by atoms with van der Waals surface area (Å²) in [7, 11) is 0. The zero-order chi connectivity index (χ0) is 12.4. The molecule has 3 N–H and O–H groups in total. The number of nitrogens with zero attached hydrogens (tertiary/aromatic N) is 2. The lowest BCUT2D eigenvalue weighted by atomic mass is 10.1. The SMILES string of the molecule is Cc1cnc(CN(CCO)C2CC2)c(C)c1N. The van der Waals surface area contributed by atoms with Crippen molar-refractivity contribution in [2.24, 2.45) is 0 Å². The quantitative estimate of drug-likeness (QED) is 0.806. The van der Waals surface area contributed by atoms with Gasteiger partial charge in [-0.25, -0.2) is 0 Å². The highest BCUT2D eigenvalue weighted by Crippen LogP contribution is 2.29. The maximum absolute atomic E-state index is 9.07. The van der Waals surface area contributed by atoms with Crippen LogP contribution >= 0.6 is 0 Å². The predicted octanol–water partition coefficient (Wildman–Crippen LogP) is 1.24. The van der Waals surface area contributed by atoms with Gasteiger partial charge in [0.05, 0.1) is 12.3 Å². The van der Waals surface area contributed by atoms with Crippen LogP contribution in [0.2, 0.25) is 0 Å². The number of nitrogens with two attached hydrogens (primary N) is 1. The first-order chi connectivity index (χ1) is 8.13. The molecule has 0 radical (unpaired) electrons. The Labute approximate surface area is 102 Å². The van der Waals surface area contributed by atoms with Gasteiger partial charge in [-0.3, -0.25) is 9.88 Å². The largest absolute Gasteiger partial charge is 0.398 e. The summed E-state index contributed by atoms with van der Waals surface area (Å²) in [5.41, 5.74) is 10.0. The fraction of sp³-hybridized carbons (Fsp3) is 0.615. The van der Waals surface area contributed by atoms with Crippen LogP contribution in [0.1, 0.15) is 29.7 Å². The molecule has 94 valence electrons. The molecule has 0 aliphatic heterocycles. The van der Waals surface area contributed by atoms with Gasteiger partial charge in [-0.05, 0) is 37.8 Å². The number of aliphatic hydroxyl groups excluding tert-OH is 1. The molecule has 1 aliphatic carbocycles. The minimum atomic E-state index is 0.205. The second-order valence-corrected chi connectivity index (χ2v) is 4.85. The Morgan fingerprint density at radius 1 is 1.47 bits per heavy atom. The van der Waals surface area contributed by atoms with E-state index in [1.807, 2.05) is 20.0 Å². The monoisotopic (exact) mass is 235 g/mol. The average molecular weight is 235 g/mol. The lowest BCUT2D eigenvalue weighted by Crippen LogP contribution is -2.29. The molecule has 1 heterocycles. The Kier molecular flexibility index (Phi) is 3.64. The van der Waals surface area contributed by atoms with E-state index in [1.165, 1.54) is 12.8 Å². The molecule has 2 rings (SSSR count). The van der Waals surface area contributed by atoms with Crippen LogP contribution in [0.5, 0.6) is 0 Å². The maximum Gasteiger partial charge on any atom is 0.0593 e. The molecule has 0 saturated heterocycles. The van der Waals surface area contributed by atoms with Crippen LogP contribution in [0.3, 0.4) is 0 Å². The van der Waals surface area contributed by atoms with Crippen molar-refractivity contribution in [3.63, 3.8) is 0 Å². The summed E-state index contributed by atoms with van der Waals surface area (Å²) < 4.78 is 0. The normalized spacial score (nSPS) is 15.5. The van der Waals surface area contributed by atoms with Gasteiger partial charge >= 0.3 is 0 Å². The smallest absolute Gasteiger partial charge is 0.0593 e. The minimum Gasteiger partial charge on any atom is -0.398 e. The van der Waals surface area contributed by atoms with Crippen molar-refractivity contribution in [3.05, 3.63) is 23.0 Å². The van der Waals surface area contributed by atoms with E-state index in [1.54, 1.807) is 0 Å². The van der Waals surface area contributed by atoms with E-state index in [4.69, 9.17) is 10.8 Å². The van der Waals surface area contributed by atoms with Gasteiger partial charge in [0.1, 0.15) is 0 Å². The van der Waals surface area contributed by atoms with Crippen molar-refractivity contribution in [3.8, 4) is 0 Å². The molecule has 17 heavy (non-hydrogen) atoms. The molecule has 1 aliphatic rings. The molecule has 0 aromatic carbocycles. The second kappa shape index (κ2) is 5.02. The molecule has 0 bridgehead atoms. The Morgan fingerprint density at radius 2 is 2.18 bits per heavy atom. The summed E-state index contributed by atoms with van der Waals surface area (Å²) in [6.07, 6.45) is 4.31. The second-order valence-electron chi connectivity index (χ2n) is 4.85. The summed E-state index contributed by atoms with van der Waals surface area (Å²) in [6.45, 7) is 5.72. The third kappa shape index (κ3) is 2.76. The summed E-state index contributed by atoms with van der Waals surface area (Å²) in [5, 5.41) is 9.07. The molecule has 0 atom stereocenters. The summed E-state index contributed by atoms with van der Waals surface area (Å²) in [5.74, 6) is 0. The van der Waals surface area contributed by atoms with E-state index >= 15 is 0 Å². The van der Waals surface area contributed by atoms with Gasteiger partial charge in [-0.15, -0.1) is 0 Å². The number of aromatic nitrogens is 1. The molecule has 1 saturated carbocycles. The molecule has 0 spiro atoms. The lowest BCUT2D eigenvalue weighted by Gasteiger charge is -2.21. The van der Waals surface area contributed by atoms with Crippen LogP contribution in [-0.4, -0.2) is 34.2 Å².